The minimum absolute atomic E-state index is 0.108. The zero-order valence-corrected chi connectivity index (χ0v) is 16.3. The number of carbonyl (C=O) groups excluding carboxylic acids is 1. The number of benzene rings is 2. The molecule has 2 rings (SSSR count). The van der Waals surface area contributed by atoms with Crippen molar-refractivity contribution in [2.45, 2.75) is 32.9 Å². The number of alkyl carbamates (subject to hydrolysis) is 1. The Morgan fingerprint density at radius 1 is 1.08 bits per heavy atom. The maximum Gasteiger partial charge on any atom is 0.407 e. The van der Waals surface area contributed by atoms with Crippen molar-refractivity contribution >= 4 is 25.8 Å². The number of amides is 1. The SMILES string of the molecule is Cc1ccc(CC(CS(=O)(=O)Cl)NC(=O)OCc2ccccc2)cc1C. The Kier molecular flexibility index (Phi) is 7.06. The molecule has 0 saturated carbocycles. The number of aryl methyl sites for hydroxylation is 2. The highest BCUT2D eigenvalue weighted by atomic mass is 35.7. The lowest BCUT2D eigenvalue weighted by Crippen LogP contribution is -2.40. The van der Waals surface area contributed by atoms with E-state index in [9.17, 15) is 13.2 Å². The molecule has 1 N–H and O–H groups in total. The number of rotatable bonds is 7. The Bertz CT molecular complexity index is 853. The zero-order chi connectivity index (χ0) is 19.2. The molecule has 26 heavy (non-hydrogen) atoms. The highest BCUT2D eigenvalue weighted by Crippen LogP contribution is 2.13. The molecule has 0 saturated heterocycles. The van der Waals surface area contributed by atoms with Crippen LogP contribution in [0.3, 0.4) is 0 Å². The standard InChI is InChI=1S/C19H22ClNO4S/c1-14-8-9-17(10-15(14)2)11-18(13-26(20,23)24)21-19(22)25-12-16-6-4-3-5-7-16/h3-10,18H,11-13H2,1-2H3,(H,21,22). The summed E-state index contributed by atoms with van der Waals surface area (Å²) in [6.07, 6.45) is -0.337. The van der Waals surface area contributed by atoms with Crippen LogP contribution in [0.15, 0.2) is 48.5 Å². The molecule has 2 aromatic rings. The molecule has 5 nitrogen and oxygen atoms in total. The predicted octanol–water partition coefficient (Wildman–Crippen LogP) is 3.71. The second kappa shape index (κ2) is 9.05. The summed E-state index contributed by atoms with van der Waals surface area (Å²) in [5, 5.41) is 2.60. The van der Waals surface area contributed by atoms with Crippen LogP contribution in [0.4, 0.5) is 4.79 Å². The summed E-state index contributed by atoms with van der Waals surface area (Å²) in [5.74, 6) is -0.373. The van der Waals surface area contributed by atoms with Crippen LogP contribution in [-0.4, -0.2) is 26.3 Å². The third-order valence-electron chi connectivity index (χ3n) is 3.99. The van der Waals surface area contributed by atoms with Crippen molar-refractivity contribution in [1.82, 2.24) is 5.32 Å². The van der Waals surface area contributed by atoms with Crippen molar-refractivity contribution in [3.05, 3.63) is 70.8 Å². The molecule has 0 bridgehead atoms. The topological polar surface area (TPSA) is 72.5 Å². The predicted molar refractivity (Wildman–Crippen MR) is 103 cm³/mol. The van der Waals surface area contributed by atoms with Crippen LogP contribution in [0.5, 0.6) is 0 Å². The fourth-order valence-corrected chi connectivity index (χ4v) is 3.68. The molecular formula is C19H22ClNO4S. The van der Waals surface area contributed by atoms with Crippen molar-refractivity contribution in [1.29, 1.82) is 0 Å². The van der Waals surface area contributed by atoms with E-state index in [1.165, 1.54) is 0 Å². The Morgan fingerprint density at radius 2 is 1.77 bits per heavy atom. The number of nitrogens with one attached hydrogen (secondary N) is 1. The Balaban J connectivity index is 2.01. The second-order valence-electron chi connectivity index (χ2n) is 6.23. The molecule has 0 radical (unpaired) electrons. The number of hydrogen-bond donors (Lipinski definition) is 1. The molecule has 0 fully saturated rings. The molecule has 2 aromatic carbocycles. The lowest BCUT2D eigenvalue weighted by Gasteiger charge is -2.18. The van der Waals surface area contributed by atoms with E-state index in [-0.39, 0.29) is 12.4 Å². The third-order valence-corrected chi connectivity index (χ3v) is 5.17. The van der Waals surface area contributed by atoms with Crippen LogP contribution in [-0.2, 0) is 26.8 Å². The van der Waals surface area contributed by atoms with Gasteiger partial charge in [0.2, 0.25) is 9.05 Å². The first-order valence-electron chi connectivity index (χ1n) is 8.18. The molecule has 0 spiro atoms. The molecule has 0 aromatic heterocycles. The van der Waals surface area contributed by atoms with E-state index < -0.39 is 21.2 Å². The van der Waals surface area contributed by atoms with E-state index in [4.69, 9.17) is 15.4 Å². The fourth-order valence-electron chi connectivity index (χ4n) is 2.54. The van der Waals surface area contributed by atoms with Crippen LogP contribution in [0.1, 0.15) is 22.3 Å². The summed E-state index contributed by atoms with van der Waals surface area (Å²) >= 11 is 0. The Morgan fingerprint density at radius 3 is 2.38 bits per heavy atom. The summed E-state index contributed by atoms with van der Waals surface area (Å²) in [6, 6.07) is 14.4. The van der Waals surface area contributed by atoms with Crippen LogP contribution in [0, 0.1) is 13.8 Å². The van der Waals surface area contributed by atoms with Crippen molar-refractivity contribution in [2.75, 3.05) is 5.75 Å². The van der Waals surface area contributed by atoms with Gasteiger partial charge in [-0.15, -0.1) is 0 Å². The monoisotopic (exact) mass is 395 g/mol. The summed E-state index contributed by atoms with van der Waals surface area (Å²) in [7, 11) is 1.61. The molecule has 1 unspecified atom stereocenters. The van der Waals surface area contributed by atoms with Gasteiger partial charge in [0.05, 0.1) is 11.8 Å². The minimum Gasteiger partial charge on any atom is -0.445 e. The van der Waals surface area contributed by atoms with Gasteiger partial charge in [-0.05, 0) is 42.5 Å². The van der Waals surface area contributed by atoms with Crippen LogP contribution < -0.4 is 5.32 Å². The first-order chi connectivity index (χ1) is 12.2. The summed E-state index contributed by atoms with van der Waals surface area (Å²) in [4.78, 5) is 12.1. The van der Waals surface area contributed by atoms with Crippen LogP contribution in [0.2, 0.25) is 0 Å². The van der Waals surface area contributed by atoms with Gasteiger partial charge in [0.25, 0.3) is 0 Å². The van der Waals surface area contributed by atoms with Gasteiger partial charge in [-0.2, -0.15) is 0 Å². The van der Waals surface area contributed by atoms with Crippen LogP contribution in [0.25, 0.3) is 0 Å². The molecule has 140 valence electrons. The van der Waals surface area contributed by atoms with E-state index >= 15 is 0 Å². The minimum atomic E-state index is -3.77. The highest BCUT2D eigenvalue weighted by molar-refractivity contribution is 8.13. The summed E-state index contributed by atoms with van der Waals surface area (Å²) < 4.78 is 28.1. The van der Waals surface area contributed by atoms with Crippen LogP contribution >= 0.6 is 10.7 Å². The van der Waals surface area contributed by atoms with Gasteiger partial charge in [-0.3, -0.25) is 0 Å². The second-order valence-corrected chi connectivity index (χ2v) is 9.05. The average Bonchev–Trinajstić information content (AvgIpc) is 2.56. The lowest BCUT2D eigenvalue weighted by molar-refractivity contribution is 0.136. The van der Waals surface area contributed by atoms with Gasteiger partial charge in [0.15, 0.2) is 0 Å². The normalized spacial score (nSPS) is 12.4. The maximum absolute atomic E-state index is 12.1. The van der Waals surface area contributed by atoms with E-state index in [1.807, 2.05) is 62.4 Å². The number of ether oxygens (including phenoxy) is 1. The smallest absolute Gasteiger partial charge is 0.407 e. The first kappa shape index (κ1) is 20.3. The maximum atomic E-state index is 12.1. The summed E-state index contributed by atoms with van der Waals surface area (Å²) in [6.45, 7) is 4.09. The molecule has 0 aliphatic rings. The molecular weight excluding hydrogens is 374 g/mol. The van der Waals surface area contributed by atoms with Gasteiger partial charge in [-0.25, -0.2) is 13.2 Å². The number of halogens is 1. The lowest BCUT2D eigenvalue weighted by atomic mass is 10.0. The van der Waals surface area contributed by atoms with Crippen molar-refractivity contribution in [3.8, 4) is 0 Å². The van der Waals surface area contributed by atoms with Gasteiger partial charge >= 0.3 is 6.09 Å². The molecule has 1 amide bonds. The van der Waals surface area contributed by atoms with E-state index in [1.54, 1.807) is 0 Å². The fraction of sp³-hybridized carbons (Fsp3) is 0.316. The Labute approximate surface area is 158 Å². The van der Waals surface area contributed by atoms with Gasteiger partial charge in [-0.1, -0.05) is 48.5 Å². The molecule has 0 aliphatic carbocycles. The molecule has 1 atom stereocenters. The van der Waals surface area contributed by atoms with Gasteiger partial charge in [0, 0.05) is 10.7 Å². The third kappa shape index (κ3) is 7.06. The van der Waals surface area contributed by atoms with Gasteiger partial charge in [0.1, 0.15) is 6.61 Å². The van der Waals surface area contributed by atoms with Crippen molar-refractivity contribution < 1.29 is 17.9 Å². The van der Waals surface area contributed by atoms with E-state index in [0.717, 1.165) is 22.3 Å². The highest BCUT2D eigenvalue weighted by Gasteiger charge is 2.20. The largest absolute Gasteiger partial charge is 0.445 e. The summed E-state index contributed by atoms with van der Waals surface area (Å²) in [5.41, 5.74) is 4.01. The number of carbonyl (C=O) groups is 1. The van der Waals surface area contributed by atoms with Crippen molar-refractivity contribution in [3.63, 3.8) is 0 Å². The Hall–Kier alpha value is -2.05. The zero-order valence-electron chi connectivity index (χ0n) is 14.7. The average molecular weight is 396 g/mol. The number of hydrogen-bond acceptors (Lipinski definition) is 4. The molecule has 0 aliphatic heterocycles. The van der Waals surface area contributed by atoms with E-state index in [2.05, 4.69) is 5.32 Å². The quantitative estimate of drug-likeness (QED) is 0.725. The van der Waals surface area contributed by atoms with Crippen molar-refractivity contribution in [2.24, 2.45) is 0 Å². The molecule has 0 heterocycles. The first-order valence-corrected chi connectivity index (χ1v) is 10.7. The van der Waals surface area contributed by atoms with E-state index in [0.29, 0.717) is 6.42 Å². The molecule has 7 heteroatoms. The van der Waals surface area contributed by atoms with Gasteiger partial charge < -0.3 is 10.1 Å².